The van der Waals surface area contributed by atoms with Gasteiger partial charge in [0.2, 0.25) is 5.91 Å². The average molecular weight is 248 g/mol. The van der Waals surface area contributed by atoms with Crippen LogP contribution in [0.25, 0.3) is 0 Å². The van der Waals surface area contributed by atoms with Gasteiger partial charge in [0.1, 0.15) is 11.5 Å². The first-order valence-corrected chi connectivity index (χ1v) is 5.55. The number of benzene rings is 1. The number of hydrogen-bond donors (Lipinski definition) is 1. The van der Waals surface area contributed by atoms with Crippen molar-refractivity contribution < 1.29 is 14.3 Å². The summed E-state index contributed by atoms with van der Waals surface area (Å²) in [5.74, 6) is 1.22. The van der Waals surface area contributed by atoms with Crippen molar-refractivity contribution in [2.24, 2.45) is 0 Å². The molecule has 0 spiro atoms. The molecule has 0 heterocycles. The highest BCUT2D eigenvalue weighted by Crippen LogP contribution is 2.24. The maximum atomic E-state index is 11.4. The van der Waals surface area contributed by atoms with E-state index in [4.69, 9.17) is 14.7 Å². The van der Waals surface area contributed by atoms with Crippen LogP contribution < -0.4 is 14.8 Å². The zero-order valence-electron chi connectivity index (χ0n) is 10.5. The van der Waals surface area contributed by atoms with Crippen molar-refractivity contribution in [3.8, 4) is 17.6 Å². The summed E-state index contributed by atoms with van der Waals surface area (Å²) in [6.45, 7) is 0.372. The van der Waals surface area contributed by atoms with Crippen molar-refractivity contribution in [3.05, 3.63) is 23.8 Å². The SMILES string of the molecule is COc1ccc(CNC(=O)CCC#N)c(OC)c1. The molecule has 1 aromatic carbocycles. The van der Waals surface area contributed by atoms with E-state index in [0.717, 1.165) is 5.56 Å². The van der Waals surface area contributed by atoms with Crippen molar-refractivity contribution in [2.75, 3.05) is 14.2 Å². The van der Waals surface area contributed by atoms with Crippen LogP contribution in [0.1, 0.15) is 18.4 Å². The molecule has 1 amide bonds. The Balaban J connectivity index is 2.62. The summed E-state index contributed by atoms with van der Waals surface area (Å²) in [6, 6.07) is 7.33. The van der Waals surface area contributed by atoms with Gasteiger partial charge in [-0.2, -0.15) is 5.26 Å². The molecule has 0 unspecified atom stereocenters. The molecule has 96 valence electrons. The molecule has 5 heteroatoms. The van der Waals surface area contributed by atoms with Crippen LogP contribution in [-0.2, 0) is 11.3 Å². The van der Waals surface area contributed by atoms with E-state index in [1.165, 1.54) is 0 Å². The number of amides is 1. The summed E-state index contributed by atoms with van der Waals surface area (Å²) in [5.41, 5.74) is 0.864. The number of nitrogens with one attached hydrogen (secondary N) is 1. The highest BCUT2D eigenvalue weighted by Gasteiger charge is 2.06. The van der Waals surface area contributed by atoms with Gasteiger partial charge in [0.05, 0.1) is 20.3 Å². The Morgan fingerprint density at radius 1 is 1.39 bits per heavy atom. The third-order valence-corrected chi connectivity index (χ3v) is 2.43. The number of nitrogens with zero attached hydrogens (tertiary/aromatic N) is 1. The Kier molecular flexibility index (Phi) is 5.52. The van der Waals surface area contributed by atoms with E-state index in [9.17, 15) is 4.79 Å². The lowest BCUT2D eigenvalue weighted by atomic mass is 10.2. The number of methoxy groups -OCH3 is 2. The fraction of sp³-hybridized carbons (Fsp3) is 0.385. The Morgan fingerprint density at radius 2 is 2.17 bits per heavy atom. The van der Waals surface area contributed by atoms with Crippen molar-refractivity contribution in [1.29, 1.82) is 5.26 Å². The quantitative estimate of drug-likeness (QED) is 0.830. The molecule has 1 rings (SSSR count). The average Bonchev–Trinajstić information content (AvgIpc) is 2.42. The summed E-state index contributed by atoms with van der Waals surface area (Å²) in [7, 11) is 3.15. The third-order valence-electron chi connectivity index (χ3n) is 2.43. The standard InChI is InChI=1S/C13H16N2O3/c1-17-11-6-5-10(12(8-11)18-2)9-15-13(16)4-3-7-14/h5-6,8H,3-4,9H2,1-2H3,(H,15,16). The monoisotopic (exact) mass is 248 g/mol. The van der Waals surface area contributed by atoms with E-state index in [-0.39, 0.29) is 18.7 Å². The van der Waals surface area contributed by atoms with Crippen LogP contribution in [0.15, 0.2) is 18.2 Å². The van der Waals surface area contributed by atoms with Crippen molar-refractivity contribution in [2.45, 2.75) is 19.4 Å². The second-order valence-corrected chi connectivity index (χ2v) is 3.61. The van der Waals surface area contributed by atoms with Gasteiger partial charge in [0.25, 0.3) is 0 Å². The van der Waals surface area contributed by atoms with E-state index < -0.39 is 0 Å². The summed E-state index contributed by atoms with van der Waals surface area (Å²) in [4.78, 5) is 11.4. The minimum absolute atomic E-state index is 0.144. The third kappa shape index (κ3) is 3.98. The maximum Gasteiger partial charge on any atom is 0.221 e. The topological polar surface area (TPSA) is 71.3 Å². The molecule has 18 heavy (non-hydrogen) atoms. The predicted octanol–water partition coefficient (Wildman–Crippen LogP) is 1.62. The number of hydrogen-bond acceptors (Lipinski definition) is 4. The lowest BCUT2D eigenvalue weighted by Crippen LogP contribution is -2.22. The summed E-state index contributed by atoms with van der Waals surface area (Å²) < 4.78 is 10.3. The molecule has 0 atom stereocenters. The molecule has 1 N–H and O–H groups in total. The fourth-order valence-corrected chi connectivity index (χ4v) is 1.45. The zero-order chi connectivity index (χ0) is 13.4. The van der Waals surface area contributed by atoms with Crippen LogP contribution in [0.3, 0.4) is 0 Å². The Labute approximate surface area is 106 Å². The summed E-state index contributed by atoms with van der Waals surface area (Å²) in [5, 5.41) is 11.1. The van der Waals surface area contributed by atoms with Gasteiger partial charge in [0, 0.05) is 31.0 Å². The largest absolute Gasteiger partial charge is 0.497 e. The molecule has 0 saturated heterocycles. The zero-order valence-corrected chi connectivity index (χ0v) is 10.5. The minimum Gasteiger partial charge on any atom is -0.497 e. The van der Waals surface area contributed by atoms with Crippen molar-refractivity contribution in [3.63, 3.8) is 0 Å². The van der Waals surface area contributed by atoms with Crippen molar-refractivity contribution >= 4 is 5.91 Å². The van der Waals surface area contributed by atoms with Crippen LogP contribution in [-0.4, -0.2) is 20.1 Å². The van der Waals surface area contributed by atoms with Crippen LogP contribution >= 0.6 is 0 Å². The van der Waals surface area contributed by atoms with Gasteiger partial charge >= 0.3 is 0 Å². The smallest absolute Gasteiger partial charge is 0.221 e. The van der Waals surface area contributed by atoms with Gasteiger partial charge in [-0.3, -0.25) is 4.79 Å². The van der Waals surface area contributed by atoms with E-state index in [1.54, 1.807) is 26.4 Å². The lowest BCUT2D eigenvalue weighted by Gasteiger charge is -2.11. The molecular weight excluding hydrogens is 232 g/mol. The highest BCUT2D eigenvalue weighted by molar-refractivity contribution is 5.76. The van der Waals surface area contributed by atoms with Crippen LogP contribution in [0.2, 0.25) is 0 Å². The van der Waals surface area contributed by atoms with E-state index in [2.05, 4.69) is 5.32 Å². The Bertz CT molecular complexity index is 452. The molecule has 5 nitrogen and oxygen atoms in total. The second-order valence-electron chi connectivity index (χ2n) is 3.61. The summed E-state index contributed by atoms with van der Waals surface area (Å²) in [6.07, 6.45) is 0.445. The normalized spacial score (nSPS) is 9.39. The molecule has 0 aliphatic heterocycles. The number of rotatable bonds is 6. The van der Waals surface area contributed by atoms with E-state index in [0.29, 0.717) is 18.0 Å². The molecule has 0 aliphatic carbocycles. The molecule has 0 aromatic heterocycles. The molecule has 0 fully saturated rings. The lowest BCUT2D eigenvalue weighted by molar-refractivity contribution is -0.121. The van der Waals surface area contributed by atoms with Crippen molar-refractivity contribution in [1.82, 2.24) is 5.32 Å². The van der Waals surface area contributed by atoms with Gasteiger partial charge in [-0.1, -0.05) is 0 Å². The number of carbonyl (C=O) groups excluding carboxylic acids is 1. The fourth-order valence-electron chi connectivity index (χ4n) is 1.45. The van der Waals surface area contributed by atoms with Crippen LogP contribution in [0, 0.1) is 11.3 Å². The van der Waals surface area contributed by atoms with Gasteiger partial charge in [0.15, 0.2) is 0 Å². The first kappa shape index (κ1) is 13.8. The van der Waals surface area contributed by atoms with Gasteiger partial charge < -0.3 is 14.8 Å². The summed E-state index contributed by atoms with van der Waals surface area (Å²) >= 11 is 0. The first-order chi connectivity index (χ1) is 8.71. The Hall–Kier alpha value is -2.22. The minimum atomic E-state index is -0.144. The highest BCUT2D eigenvalue weighted by atomic mass is 16.5. The van der Waals surface area contributed by atoms with Gasteiger partial charge in [-0.15, -0.1) is 0 Å². The second kappa shape index (κ2) is 7.17. The number of ether oxygens (including phenoxy) is 2. The van der Waals surface area contributed by atoms with Crippen LogP contribution in [0.5, 0.6) is 11.5 Å². The van der Waals surface area contributed by atoms with Gasteiger partial charge in [-0.25, -0.2) is 0 Å². The predicted molar refractivity (Wildman–Crippen MR) is 66.2 cm³/mol. The molecule has 1 aromatic rings. The van der Waals surface area contributed by atoms with E-state index in [1.807, 2.05) is 12.1 Å². The molecule has 0 aliphatic rings. The number of carbonyl (C=O) groups is 1. The Morgan fingerprint density at radius 3 is 2.78 bits per heavy atom. The van der Waals surface area contributed by atoms with Gasteiger partial charge in [-0.05, 0) is 12.1 Å². The number of nitriles is 1. The first-order valence-electron chi connectivity index (χ1n) is 5.55. The molecule has 0 bridgehead atoms. The maximum absolute atomic E-state index is 11.4. The van der Waals surface area contributed by atoms with Crippen LogP contribution in [0.4, 0.5) is 0 Å². The molecule has 0 radical (unpaired) electrons. The molecule has 0 saturated carbocycles. The molecular formula is C13H16N2O3. The van der Waals surface area contributed by atoms with E-state index >= 15 is 0 Å².